The summed E-state index contributed by atoms with van der Waals surface area (Å²) in [5, 5.41) is 22.4. The third-order valence-electron chi connectivity index (χ3n) is 6.19. The highest BCUT2D eigenvalue weighted by Gasteiger charge is 2.76. The maximum absolute atomic E-state index is 12.6. The number of ether oxygens (including phenoxy) is 5. The van der Waals surface area contributed by atoms with Crippen molar-refractivity contribution in [2.45, 2.75) is 75.0 Å². The molecule has 3 saturated heterocycles. The molecule has 9 nitrogen and oxygen atoms in total. The lowest BCUT2D eigenvalue weighted by atomic mass is 9.73. The summed E-state index contributed by atoms with van der Waals surface area (Å²) in [6, 6.07) is 0. The summed E-state index contributed by atoms with van der Waals surface area (Å²) in [5.74, 6) is -4.94. The third-order valence-corrected chi connectivity index (χ3v) is 6.19. The minimum absolute atomic E-state index is 0.0345. The van der Waals surface area contributed by atoms with E-state index < -0.39 is 46.9 Å². The van der Waals surface area contributed by atoms with Gasteiger partial charge in [-0.3, -0.25) is 4.79 Å². The number of esters is 2. The second-order valence-electron chi connectivity index (χ2n) is 8.12. The van der Waals surface area contributed by atoms with Gasteiger partial charge in [0.05, 0.1) is 17.8 Å². The quantitative estimate of drug-likeness (QED) is 0.644. The van der Waals surface area contributed by atoms with Crippen molar-refractivity contribution < 1.29 is 43.5 Å². The van der Waals surface area contributed by atoms with Crippen LogP contribution in [0.15, 0.2) is 11.1 Å². The largest absolute Gasteiger partial charge is 0.458 e. The molecule has 27 heavy (non-hydrogen) atoms. The van der Waals surface area contributed by atoms with Crippen LogP contribution in [0.5, 0.6) is 0 Å². The predicted molar refractivity (Wildman–Crippen MR) is 87.1 cm³/mol. The molecule has 0 aromatic heterocycles. The Morgan fingerprint density at radius 3 is 2.63 bits per heavy atom. The van der Waals surface area contributed by atoms with Crippen LogP contribution < -0.4 is 0 Å². The Kier molecular flexibility index (Phi) is 3.84. The number of methoxy groups -OCH3 is 1. The zero-order valence-electron chi connectivity index (χ0n) is 15.7. The summed E-state index contributed by atoms with van der Waals surface area (Å²) in [6.07, 6.45) is -1.78. The van der Waals surface area contributed by atoms with Crippen LogP contribution in [-0.4, -0.2) is 70.9 Å². The minimum Gasteiger partial charge on any atom is -0.458 e. The molecular weight excluding hydrogens is 360 g/mol. The Labute approximate surface area is 156 Å². The molecule has 4 aliphatic heterocycles. The first kappa shape index (κ1) is 18.8. The summed E-state index contributed by atoms with van der Waals surface area (Å²) in [7, 11) is 1.42. The highest BCUT2D eigenvalue weighted by atomic mass is 16.8. The van der Waals surface area contributed by atoms with Gasteiger partial charge in [0, 0.05) is 26.9 Å². The van der Waals surface area contributed by atoms with E-state index in [1.807, 2.05) is 0 Å². The van der Waals surface area contributed by atoms with Crippen molar-refractivity contribution in [3.05, 3.63) is 11.1 Å². The van der Waals surface area contributed by atoms with Crippen LogP contribution in [0.4, 0.5) is 0 Å². The number of hydrogen-bond acceptors (Lipinski definition) is 9. The van der Waals surface area contributed by atoms with Crippen molar-refractivity contribution >= 4 is 11.9 Å². The second-order valence-corrected chi connectivity index (χ2v) is 8.12. The van der Waals surface area contributed by atoms with Gasteiger partial charge in [0.1, 0.15) is 17.3 Å². The Bertz CT molecular complexity index is 747. The molecule has 0 aromatic rings. The van der Waals surface area contributed by atoms with Crippen LogP contribution in [0.2, 0.25) is 0 Å². The normalized spacial score (nSPS) is 48.1. The average Bonchev–Trinajstić information content (AvgIpc) is 3.02. The molecule has 4 rings (SSSR count). The molecule has 4 aliphatic rings. The van der Waals surface area contributed by atoms with Gasteiger partial charge in [0.25, 0.3) is 5.79 Å². The molecule has 0 amide bonds. The molecule has 150 valence electrons. The van der Waals surface area contributed by atoms with Crippen LogP contribution in [-0.2, 0) is 33.3 Å². The zero-order valence-corrected chi connectivity index (χ0v) is 15.7. The lowest BCUT2D eigenvalue weighted by Gasteiger charge is -2.51. The van der Waals surface area contributed by atoms with Crippen molar-refractivity contribution in [2.24, 2.45) is 0 Å². The molecule has 9 heteroatoms. The van der Waals surface area contributed by atoms with Gasteiger partial charge in [-0.1, -0.05) is 0 Å². The minimum atomic E-state index is -1.92. The average molecular weight is 384 g/mol. The molecule has 6 atom stereocenters. The molecular formula is C18H24O9. The first-order chi connectivity index (χ1) is 12.5. The number of carbonyl (C=O) groups excluding carboxylic acids is 2. The molecule has 0 saturated carbocycles. The summed E-state index contributed by atoms with van der Waals surface area (Å²) >= 11 is 0. The standard InChI is InChI=1S/C18H24O9/c1-9(19)24-11-7-16(3)17(22)6-5-15(2,26-17)14(21)18(27-16)12(11)10(8-23-4)13(20)25-18/h11,14,21-22H,5-8H2,1-4H3/t11-,14+,15+,16+,17-,18+/m0/s1. The van der Waals surface area contributed by atoms with Gasteiger partial charge >= 0.3 is 11.9 Å². The molecule has 0 radical (unpaired) electrons. The van der Waals surface area contributed by atoms with Crippen molar-refractivity contribution in [1.82, 2.24) is 0 Å². The molecule has 1 spiro atoms. The number of aliphatic hydroxyl groups excluding tert-OH is 1. The van der Waals surface area contributed by atoms with E-state index >= 15 is 0 Å². The molecule has 0 aliphatic carbocycles. The smallest absolute Gasteiger partial charge is 0.339 e. The van der Waals surface area contributed by atoms with Gasteiger partial charge in [-0.05, 0) is 20.3 Å². The number of hydrogen-bond donors (Lipinski definition) is 2. The van der Waals surface area contributed by atoms with Crippen LogP contribution >= 0.6 is 0 Å². The Morgan fingerprint density at radius 2 is 2.00 bits per heavy atom. The molecule has 2 N–H and O–H groups in total. The van der Waals surface area contributed by atoms with E-state index in [4.69, 9.17) is 23.7 Å². The molecule has 0 unspecified atom stereocenters. The highest BCUT2D eigenvalue weighted by Crippen LogP contribution is 2.61. The number of carbonyl (C=O) groups is 2. The third kappa shape index (κ3) is 2.29. The van der Waals surface area contributed by atoms with E-state index in [9.17, 15) is 19.8 Å². The monoisotopic (exact) mass is 384 g/mol. The van der Waals surface area contributed by atoms with Crippen molar-refractivity contribution in [2.75, 3.05) is 13.7 Å². The maximum atomic E-state index is 12.6. The van der Waals surface area contributed by atoms with Gasteiger partial charge in [-0.2, -0.15) is 0 Å². The summed E-state index contributed by atoms with van der Waals surface area (Å²) in [5.41, 5.74) is -2.24. The van der Waals surface area contributed by atoms with Gasteiger partial charge in [0.15, 0.2) is 11.9 Å². The van der Waals surface area contributed by atoms with E-state index in [0.717, 1.165) is 0 Å². The number of rotatable bonds is 3. The van der Waals surface area contributed by atoms with E-state index in [-0.39, 0.29) is 30.6 Å². The fourth-order valence-electron chi connectivity index (χ4n) is 4.85. The van der Waals surface area contributed by atoms with E-state index in [1.54, 1.807) is 13.8 Å². The van der Waals surface area contributed by atoms with Crippen LogP contribution in [0.25, 0.3) is 0 Å². The fourth-order valence-corrected chi connectivity index (χ4v) is 4.85. The summed E-state index contributed by atoms with van der Waals surface area (Å²) < 4.78 is 28.2. The summed E-state index contributed by atoms with van der Waals surface area (Å²) in [6.45, 7) is 4.39. The second kappa shape index (κ2) is 5.51. The van der Waals surface area contributed by atoms with Crippen LogP contribution in [0.1, 0.15) is 40.0 Å². The molecule has 3 fully saturated rings. The first-order valence-electron chi connectivity index (χ1n) is 8.94. The topological polar surface area (TPSA) is 121 Å². The van der Waals surface area contributed by atoms with Gasteiger partial charge in [0.2, 0.25) is 0 Å². The lowest BCUT2D eigenvalue weighted by molar-refractivity contribution is -0.349. The van der Waals surface area contributed by atoms with Crippen LogP contribution in [0.3, 0.4) is 0 Å². The van der Waals surface area contributed by atoms with E-state index in [0.29, 0.717) is 6.42 Å². The van der Waals surface area contributed by atoms with Crippen molar-refractivity contribution in [1.29, 1.82) is 0 Å². The molecule has 4 bridgehead atoms. The zero-order chi connectivity index (χ0) is 19.8. The van der Waals surface area contributed by atoms with Crippen molar-refractivity contribution in [3.8, 4) is 0 Å². The Morgan fingerprint density at radius 1 is 1.30 bits per heavy atom. The predicted octanol–water partition coefficient (Wildman–Crippen LogP) is -0.0746. The first-order valence-corrected chi connectivity index (χ1v) is 8.94. The lowest BCUT2D eigenvalue weighted by Crippen LogP contribution is -2.66. The van der Waals surface area contributed by atoms with Gasteiger partial charge < -0.3 is 33.9 Å². The number of fused-ring (bicyclic) bond motifs is 4. The molecule has 4 heterocycles. The number of aliphatic hydroxyl groups is 2. The SMILES string of the molecule is COCC1=C2[C@@H](OC(C)=O)C[C@@]3(C)O[C@@]2(OC1=O)[C@H](O)[C@@]1(C)CC[C@]3(O)O1. The summed E-state index contributed by atoms with van der Waals surface area (Å²) in [4.78, 5) is 24.4. The van der Waals surface area contributed by atoms with Gasteiger partial charge in [-0.25, -0.2) is 4.79 Å². The highest BCUT2D eigenvalue weighted by molar-refractivity contribution is 5.94. The van der Waals surface area contributed by atoms with Crippen molar-refractivity contribution in [3.63, 3.8) is 0 Å². The molecule has 0 aromatic carbocycles. The van der Waals surface area contributed by atoms with Gasteiger partial charge in [-0.15, -0.1) is 0 Å². The van der Waals surface area contributed by atoms with Crippen LogP contribution in [0, 0.1) is 0 Å². The Hall–Kier alpha value is -1.52. The van der Waals surface area contributed by atoms with E-state index in [1.165, 1.54) is 14.0 Å². The fraction of sp³-hybridized carbons (Fsp3) is 0.778. The maximum Gasteiger partial charge on any atom is 0.339 e. The van der Waals surface area contributed by atoms with E-state index in [2.05, 4.69) is 0 Å². The Balaban J connectivity index is 1.95.